The lowest BCUT2D eigenvalue weighted by atomic mass is 9.95. The molecule has 13 rings (SSSR count). The maximum atomic E-state index is 6.63. The van der Waals surface area contributed by atoms with E-state index in [0.29, 0.717) is 0 Å². The van der Waals surface area contributed by atoms with Crippen LogP contribution in [0.4, 0.5) is 17.1 Å². The third-order valence-corrected chi connectivity index (χ3v) is 13.2. The van der Waals surface area contributed by atoms with Gasteiger partial charge in [-0.1, -0.05) is 182 Å². The summed E-state index contributed by atoms with van der Waals surface area (Å²) in [7, 11) is 0. The summed E-state index contributed by atoms with van der Waals surface area (Å²) in [6, 6.07) is 87.8. The molecule has 3 heteroatoms. The molecule has 304 valence electrons. The van der Waals surface area contributed by atoms with Gasteiger partial charge in [0.2, 0.25) is 0 Å². The van der Waals surface area contributed by atoms with E-state index in [0.717, 1.165) is 66.8 Å². The average molecular weight is 829 g/mol. The van der Waals surface area contributed by atoms with Gasteiger partial charge in [-0.25, -0.2) is 0 Å². The average Bonchev–Trinajstić information content (AvgIpc) is 3.91. The predicted molar refractivity (Wildman–Crippen MR) is 274 cm³/mol. The Balaban J connectivity index is 1.00. The van der Waals surface area contributed by atoms with Crippen molar-refractivity contribution < 1.29 is 4.42 Å². The summed E-state index contributed by atoms with van der Waals surface area (Å²) in [5, 5.41) is 9.54. The van der Waals surface area contributed by atoms with Crippen molar-refractivity contribution in [2.45, 2.75) is 0 Å². The molecular weight excluding hydrogens is 789 g/mol. The van der Waals surface area contributed by atoms with E-state index >= 15 is 0 Å². The Morgan fingerprint density at radius 2 is 0.846 bits per heavy atom. The Labute approximate surface area is 376 Å². The van der Waals surface area contributed by atoms with Crippen LogP contribution in [-0.2, 0) is 0 Å². The molecule has 0 fully saturated rings. The number of benzene rings is 11. The fraction of sp³-hybridized carbons (Fsp3) is 0. The summed E-state index contributed by atoms with van der Waals surface area (Å²) in [5.41, 5.74) is 15.4. The third-order valence-electron chi connectivity index (χ3n) is 13.2. The van der Waals surface area contributed by atoms with Crippen molar-refractivity contribution in [1.82, 2.24) is 4.57 Å². The first-order chi connectivity index (χ1) is 32.2. The van der Waals surface area contributed by atoms with Gasteiger partial charge in [-0.05, 0) is 110 Å². The van der Waals surface area contributed by atoms with Crippen LogP contribution in [0.25, 0.3) is 104 Å². The number of aromatic nitrogens is 1. The highest BCUT2D eigenvalue weighted by molar-refractivity contribution is 6.17. The van der Waals surface area contributed by atoms with Crippen LogP contribution in [-0.4, -0.2) is 4.57 Å². The van der Waals surface area contributed by atoms with Crippen LogP contribution in [0.3, 0.4) is 0 Å². The number of hydrogen-bond donors (Lipinski definition) is 0. The number of rotatable bonds is 7. The molecule has 2 aromatic heterocycles. The Kier molecular flexibility index (Phi) is 8.53. The number of nitrogens with zero attached hydrogens (tertiary/aromatic N) is 2. The summed E-state index contributed by atoms with van der Waals surface area (Å²) in [6.45, 7) is 0. The molecular formula is C62H40N2O. The minimum atomic E-state index is 0.871. The summed E-state index contributed by atoms with van der Waals surface area (Å²) in [6.07, 6.45) is 0. The zero-order valence-corrected chi connectivity index (χ0v) is 35.4. The molecule has 0 aliphatic carbocycles. The lowest BCUT2D eigenvalue weighted by molar-refractivity contribution is 0.669. The van der Waals surface area contributed by atoms with E-state index in [1.807, 2.05) is 0 Å². The number of fused-ring (bicyclic) bond motifs is 8. The van der Waals surface area contributed by atoms with Crippen molar-refractivity contribution in [2.24, 2.45) is 0 Å². The molecule has 3 nitrogen and oxygen atoms in total. The maximum Gasteiger partial charge on any atom is 0.136 e. The van der Waals surface area contributed by atoms with Gasteiger partial charge in [-0.3, -0.25) is 0 Å². The van der Waals surface area contributed by atoms with Gasteiger partial charge in [0.15, 0.2) is 0 Å². The first kappa shape index (κ1) is 36.9. The van der Waals surface area contributed by atoms with Gasteiger partial charge in [0.05, 0.1) is 28.1 Å². The normalized spacial score (nSPS) is 11.7. The Morgan fingerprint density at radius 1 is 0.323 bits per heavy atom. The molecule has 0 unspecified atom stereocenters. The van der Waals surface area contributed by atoms with Gasteiger partial charge >= 0.3 is 0 Å². The van der Waals surface area contributed by atoms with Crippen LogP contribution in [0.2, 0.25) is 0 Å². The second kappa shape index (κ2) is 15.0. The molecule has 0 bridgehead atoms. The van der Waals surface area contributed by atoms with Gasteiger partial charge in [0.25, 0.3) is 0 Å². The van der Waals surface area contributed by atoms with E-state index in [4.69, 9.17) is 4.42 Å². The highest BCUT2D eigenvalue weighted by Gasteiger charge is 2.24. The smallest absolute Gasteiger partial charge is 0.136 e. The summed E-state index contributed by atoms with van der Waals surface area (Å²) in [4.78, 5) is 2.44. The molecule has 0 saturated carbocycles. The third kappa shape index (κ3) is 6.05. The van der Waals surface area contributed by atoms with Crippen molar-refractivity contribution in [1.29, 1.82) is 0 Å². The fourth-order valence-electron chi connectivity index (χ4n) is 10.2. The minimum absolute atomic E-state index is 0.871. The maximum absolute atomic E-state index is 6.63. The second-order valence-electron chi connectivity index (χ2n) is 16.8. The number of anilines is 3. The predicted octanol–water partition coefficient (Wildman–Crippen LogP) is 17.5. The summed E-state index contributed by atoms with van der Waals surface area (Å²) >= 11 is 0. The molecule has 0 saturated heterocycles. The van der Waals surface area contributed by atoms with Gasteiger partial charge in [0.1, 0.15) is 11.2 Å². The number of furan rings is 1. The first-order valence-corrected chi connectivity index (χ1v) is 22.2. The van der Waals surface area contributed by atoms with E-state index in [9.17, 15) is 0 Å². The van der Waals surface area contributed by atoms with Gasteiger partial charge in [-0.2, -0.15) is 0 Å². The van der Waals surface area contributed by atoms with Crippen LogP contribution < -0.4 is 4.90 Å². The van der Waals surface area contributed by atoms with E-state index in [2.05, 4.69) is 252 Å². The van der Waals surface area contributed by atoms with Gasteiger partial charge in [-0.15, -0.1) is 0 Å². The number of para-hydroxylation sites is 5. The van der Waals surface area contributed by atoms with Crippen LogP contribution >= 0.6 is 0 Å². The molecule has 0 radical (unpaired) electrons. The molecule has 0 atom stereocenters. The minimum Gasteiger partial charge on any atom is -0.456 e. The van der Waals surface area contributed by atoms with Crippen molar-refractivity contribution in [3.05, 3.63) is 243 Å². The molecule has 11 aromatic carbocycles. The molecule has 2 heterocycles. The number of hydrogen-bond acceptors (Lipinski definition) is 2. The SMILES string of the molecule is c1ccc(N(c2ccc(-c3ccc(-c4cccc5ccccc45)cc3)cc2)c2ccccc2-n2c3ccccc3c3ccccc32)c(-c2cccc3oc4cc5ccccc5cc4c23)c1. The highest BCUT2D eigenvalue weighted by Crippen LogP contribution is 2.48. The quantitative estimate of drug-likeness (QED) is 0.160. The van der Waals surface area contributed by atoms with Crippen LogP contribution in [0.5, 0.6) is 0 Å². The monoisotopic (exact) mass is 828 g/mol. The van der Waals surface area contributed by atoms with E-state index in [1.165, 1.54) is 54.7 Å². The van der Waals surface area contributed by atoms with Crippen molar-refractivity contribution in [2.75, 3.05) is 4.90 Å². The zero-order chi connectivity index (χ0) is 42.8. The van der Waals surface area contributed by atoms with Crippen molar-refractivity contribution in [3.63, 3.8) is 0 Å². The van der Waals surface area contributed by atoms with E-state index in [-0.39, 0.29) is 0 Å². The van der Waals surface area contributed by atoms with Crippen molar-refractivity contribution in [3.8, 4) is 39.1 Å². The summed E-state index contributed by atoms with van der Waals surface area (Å²) < 4.78 is 9.06. The van der Waals surface area contributed by atoms with E-state index < -0.39 is 0 Å². The van der Waals surface area contributed by atoms with Gasteiger partial charge in [0, 0.05) is 32.8 Å². The van der Waals surface area contributed by atoms with Crippen LogP contribution in [0.1, 0.15) is 0 Å². The first-order valence-electron chi connectivity index (χ1n) is 22.2. The van der Waals surface area contributed by atoms with Crippen LogP contribution in [0.15, 0.2) is 247 Å². The lowest BCUT2D eigenvalue weighted by Crippen LogP contribution is -2.14. The molecule has 0 aliphatic rings. The molecule has 0 spiro atoms. The largest absolute Gasteiger partial charge is 0.456 e. The Morgan fingerprint density at radius 3 is 1.60 bits per heavy atom. The molecule has 0 aliphatic heterocycles. The Hall–Kier alpha value is -8.66. The zero-order valence-electron chi connectivity index (χ0n) is 35.4. The standard InChI is InChI=1S/C62H40N2O/c1-2-17-46-40-61-54(39-45(46)16-1)62-53(24-14-30-60(62)65-61)52-22-7-8-25-55(52)63(58-28-11-12-29-59(58)64-56-26-9-5-20-50(56)51-21-6-10-27-57(51)64)47-37-35-42(36-38-47)41-31-33-44(34-32-41)49-23-13-18-43-15-3-4-19-48(43)49/h1-40H. The fourth-order valence-corrected chi connectivity index (χ4v) is 10.2. The highest BCUT2D eigenvalue weighted by atomic mass is 16.3. The molecule has 13 aromatic rings. The molecule has 0 N–H and O–H groups in total. The summed E-state index contributed by atoms with van der Waals surface area (Å²) in [5.74, 6) is 0. The Bertz CT molecular complexity index is 3890. The second-order valence-corrected chi connectivity index (χ2v) is 16.8. The van der Waals surface area contributed by atoms with E-state index in [1.54, 1.807) is 0 Å². The van der Waals surface area contributed by atoms with Crippen molar-refractivity contribution >= 4 is 82.4 Å². The molecule has 0 amide bonds. The van der Waals surface area contributed by atoms with Crippen LogP contribution in [0, 0.1) is 0 Å². The topological polar surface area (TPSA) is 21.3 Å². The lowest BCUT2D eigenvalue weighted by Gasteiger charge is -2.30. The van der Waals surface area contributed by atoms with Gasteiger partial charge < -0.3 is 13.9 Å². The molecule has 65 heavy (non-hydrogen) atoms.